The molecular weight excluding hydrogens is 210 g/mol. The third-order valence-electron chi connectivity index (χ3n) is 1.48. The molecule has 1 heterocycles. The summed E-state index contributed by atoms with van der Waals surface area (Å²) in [5.41, 5.74) is 0. The Balaban J connectivity index is 2.60. The minimum atomic E-state index is -3.66. The fraction of sp³-hybridized carbons (Fsp3) is 0.500. The van der Waals surface area contributed by atoms with Crippen molar-refractivity contribution in [1.29, 1.82) is 0 Å². The third-order valence-corrected chi connectivity index (χ3v) is 2.84. The first kappa shape index (κ1) is 11.1. The first-order chi connectivity index (χ1) is 6.56. The van der Waals surface area contributed by atoms with Crippen LogP contribution in [-0.2, 0) is 10.0 Å². The van der Waals surface area contributed by atoms with E-state index in [2.05, 4.69) is 14.9 Å². The number of aromatic amines is 1. The summed E-state index contributed by atoms with van der Waals surface area (Å²) in [7, 11) is -3.66. The molecule has 80 valence electrons. The number of nitrogens with one attached hydrogen (secondary N) is 2. The molecule has 0 amide bonds. The fourth-order valence-electron chi connectivity index (χ4n) is 0.741. The van der Waals surface area contributed by atoms with E-state index in [1.807, 2.05) is 0 Å². The highest BCUT2D eigenvalue weighted by Gasteiger charge is 2.16. The van der Waals surface area contributed by atoms with Crippen molar-refractivity contribution in [3.05, 3.63) is 12.3 Å². The van der Waals surface area contributed by atoms with E-state index in [-0.39, 0.29) is 11.6 Å². The van der Waals surface area contributed by atoms with Crippen LogP contribution in [0.25, 0.3) is 0 Å². The van der Waals surface area contributed by atoms with Crippen LogP contribution in [0.15, 0.2) is 17.3 Å². The van der Waals surface area contributed by atoms with E-state index in [4.69, 9.17) is 10.2 Å². The van der Waals surface area contributed by atoms with Crippen LogP contribution in [0.3, 0.4) is 0 Å². The van der Waals surface area contributed by atoms with Crippen LogP contribution in [0.1, 0.15) is 0 Å². The van der Waals surface area contributed by atoms with E-state index < -0.39 is 22.7 Å². The summed E-state index contributed by atoms with van der Waals surface area (Å²) in [6.45, 7) is -0.733. The molecule has 0 spiro atoms. The molecule has 0 saturated carbocycles. The molecule has 8 heteroatoms. The Bertz CT molecular complexity index is 360. The standard InChI is InChI=1S/C6H11N3O4S/c10-4-5(11)3-8-14(12,13)6-1-2-7-9-6/h1-2,5,8,10-11H,3-4H2,(H,7,9). The molecule has 0 aliphatic rings. The molecule has 1 rings (SSSR count). The molecule has 14 heavy (non-hydrogen) atoms. The number of aliphatic hydroxyl groups is 2. The van der Waals surface area contributed by atoms with Crippen LogP contribution in [0.5, 0.6) is 0 Å². The number of hydrogen-bond donors (Lipinski definition) is 4. The number of aromatic nitrogens is 2. The van der Waals surface area contributed by atoms with Crippen LogP contribution in [0.4, 0.5) is 0 Å². The highest BCUT2D eigenvalue weighted by Crippen LogP contribution is 2.01. The minimum Gasteiger partial charge on any atom is -0.394 e. The van der Waals surface area contributed by atoms with Crippen molar-refractivity contribution in [2.24, 2.45) is 0 Å². The predicted octanol–water partition coefficient (Wildman–Crippen LogP) is -1.96. The van der Waals surface area contributed by atoms with Crippen molar-refractivity contribution in [2.75, 3.05) is 13.2 Å². The summed E-state index contributed by atoms with van der Waals surface area (Å²) in [5.74, 6) is 0. The van der Waals surface area contributed by atoms with Crippen molar-refractivity contribution in [2.45, 2.75) is 11.1 Å². The molecule has 1 aromatic rings. The lowest BCUT2D eigenvalue weighted by Gasteiger charge is -2.07. The molecule has 0 aliphatic carbocycles. The Morgan fingerprint density at radius 1 is 1.64 bits per heavy atom. The highest BCUT2D eigenvalue weighted by molar-refractivity contribution is 7.89. The molecule has 0 bridgehead atoms. The van der Waals surface area contributed by atoms with Gasteiger partial charge in [0.2, 0.25) is 0 Å². The van der Waals surface area contributed by atoms with Gasteiger partial charge in [0, 0.05) is 6.54 Å². The zero-order chi connectivity index (χ0) is 10.6. The average Bonchev–Trinajstić information content (AvgIpc) is 2.67. The highest BCUT2D eigenvalue weighted by atomic mass is 32.2. The van der Waals surface area contributed by atoms with Crippen molar-refractivity contribution < 1.29 is 18.6 Å². The van der Waals surface area contributed by atoms with Gasteiger partial charge in [-0.15, -0.1) is 0 Å². The van der Waals surface area contributed by atoms with Gasteiger partial charge in [0.25, 0.3) is 10.0 Å². The van der Waals surface area contributed by atoms with Gasteiger partial charge in [-0.2, -0.15) is 5.10 Å². The van der Waals surface area contributed by atoms with Crippen LogP contribution in [-0.4, -0.2) is 48.1 Å². The molecule has 0 fully saturated rings. The Hall–Kier alpha value is -0.960. The normalized spacial score (nSPS) is 14.1. The number of nitrogens with zero attached hydrogens (tertiary/aromatic N) is 1. The minimum absolute atomic E-state index is 0.0809. The number of sulfonamides is 1. The van der Waals surface area contributed by atoms with Gasteiger partial charge in [-0.25, -0.2) is 13.1 Å². The largest absolute Gasteiger partial charge is 0.394 e. The molecule has 0 saturated heterocycles. The molecule has 7 nitrogen and oxygen atoms in total. The SMILES string of the molecule is O=S(=O)(NCC(O)CO)c1ccn[nH]1. The molecule has 0 radical (unpaired) electrons. The summed E-state index contributed by atoms with van der Waals surface area (Å²) in [4.78, 5) is 0. The topological polar surface area (TPSA) is 115 Å². The van der Waals surface area contributed by atoms with Crippen LogP contribution in [0, 0.1) is 0 Å². The molecule has 1 aromatic heterocycles. The number of H-pyrrole nitrogens is 1. The van der Waals surface area contributed by atoms with Gasteiger partial charge in [0.05, 0.1) is 18.9 Å². The summed E-state index contributed by atoms with van der Waals surface area (Å²) in [5, 5.41) is 23.0. The summed E-state index contributed by atoms with van der Waals surface area (Å²) >= 11 is 0. The van der Waals surface area contributed by atoms with Crippen molar-refractivity contribution in [3.8, 4) is 0 Å². The second-order valence-electron chi connectivity index (χ2n) is 2.61. The lowest BCUT2D eigenvalue weighted by molar-refractivity contribution is 0.0988. The van der Waals surface area contributed by atoms with E-state index in [1.165, 1.54) is 12.3 Å². The molecule has 4 N–H and O–H groups in total. The van der Waals surface area contributed by atoms with E-state index >= 15 is 0 Å². The first-order valence-electron chi connectivity index (χ1n) is 3.84. The average molecular weight is 221 g/mol. The molecule has 1 unspecified atom stereocenters. The maximum absolute atomic E-state index is 11.3. The van der Waals surface area contributed by atoms with E-state index in [0.717, 1.165) is 0 Å². The van der Waals surface area contributed by atoms with Crippen molar-refractivity contribution in [3.63, 3.8) is 0 Å². The van der Waals surface area contributed by atoms with Gasteiger partial charge in [0.15, 0.2) is 5.03 Å². The zero-order valence-corrected chi connectivity index (χ0v) is 8.03. The van der Waals surface area contributed by atoms with Crippen LogP contribution in [0.2, 0.25) is 0 Å². The fourth-order valence-corrected chi connectivity index (χ4v) is 1.72. The zero-order valence-electron chi connectivity index (χ0n) is 7.21. The maximum atomic E-state index is 11.3. The van der Waals surface area contributed by atoms with Crippen LogP contribution < -0.4 is 4.72 Å². The summed E-state index contributed by atoms with van der Waals surface area (Å²) in [6, 6.07) is 1.29. The van der Waals surface area contributed by atoms with E-state index in [0.29, 0.717) is 0 Å². The van der Waals surface area contributed by atoms with Crippen molar-refractivity contribution in [1.82, 2.24) is 14.9 Å². The Labute approximate surface area is 80.8 Å². The lowest BCUT2D eigenvalue weighted by Crippen LogP contribution is -2.34. The van der Waals surface area contributed by atoms with Gasteiger partial charge in [-0.3, -0.25) is 5.10 Å². The van der Waals surface area contributed by atoms with Gasteiger partial charge in [-0.05, 0) is 6.07 Å². The Kier molecular flexibility index (Phi) is 3.58. The monoisotopic (exact) mass is 221 g/mol. The van der Waals surface area contributed by atoms with Gasteiger partial charge in [-0.1, -0.05) is 0 Å². The Morgan fingerprint density at radius 3 is 2.86 bits per heavy atom. The van der Waals surface area contributed by atoms with Crippen LogP contribution >= 0.6 is 0 Å². The number of rotatable bonds is 5. The van der Waals surface area contributed by atoms with Gasteiger partial charge in [0.1, 0.15) is 0 Å². The third kappa shape index (κ3) is 2.77. The second-order valence-corrected chi connectivity index (χ2v) is 4.34. The van der Waals surface area contributed by atoms with Crippen molar-refractivity contribution >= 4 is 10.0 Å². The second kappa shape index (κ2) is 4.51. The number of hydrogen-bond acceptors (Lipinski definition) is 5. The molecule has 0 aromatic carbocycles. The quantitative estimate of drug-likeness (QED) is 0.461. The predicted molar refractivity (Wildman–Crippen MR) is 46.9 cm³/mol. The Morgan fingerprint density at radius 2 is 2.36 bits per heavy atom. The van der Waals surface area contributed by atoms with E-state index in [9.17, 15) is 8.42 Å². The number of aliphatic hydroxyl groups excluding tert-OH is 2. The first-order valence-corrected chi connectivity index (χ1v) is 5.32. The molecule has 0 aliphatic heterocycles. The molecule has 1 atom stereocenters. The lowest BCUT2D eigenvalue weighted by atomic mass is 10.4. The molecular formula is C6H11N3O4S. The summed E-state index contributed by atoms with van der Waals surface area (Å²) in [6.07, 6.45) is 0.199. The smallest absolute Gasteiger partial charge is 0.257 e. The van der Waals surface area contributed by atoms with E-state index in [1.54, 1.807) is 0 Å². The maximum Gasteiger partial charge on any atom is 0.257 e. The summed E-state index contributed by atoms with van der Waals surface area (Å²) < 4.78 is 24.8. The van der Waals surface area contributed by atoms with Gasteiger partial charge >= 0.3 is 0 Å². The van der Waals surface area contributed by atoms with Gasteiger partial charge < -0.3 is 10.2 Å².